The first-order chi connectivity index (χ1) is 9.08. The Bertz CT molecular complexity index is 818. The second-order valence-electron chi connectivity index (χ2n) is 4.00. The van der Waals surface area contributed by atoms with Crippen LogP contribution in [0.5, 0.6) is 0 Å². The van der Waals surface area contributed by atoms with Crippen LogP contribution in [0.4, 0.5) is 0 Å². The molecule has 0 saturated carbocycles. The van der Waals surface area contributed by atoms with Crippen LogP contribution in [0, 0.1) is 4.77 Å². The summed E-state index contributed by atoms with van der Waals surface area (Å²) in [5, 5.41) is 1.12. The van der Waals surface area contributed by atoms with E-state index >= 15 is 0 Å². The minimum Gasteiger partial charge on any atom is -0.330 e. The van der Waals surface area contributed by atoms with Crippen LogP contribution >= 0.6 is 51.3 Å². The summed E-state index contributed by atoms with van der Waals surface area (Å²) in [4.78, 5) is 3.15. The maximum absolute atomic E-state index is 6.26. The number of nitrogens with one attached hydrogen (secondary N) is 1. The molecule has 0 saturated heterocycles. The Balaban J connectivity index is 2.46. The van der Waals surface area contributed by atoms with Gasteiger partial charge in [0, 0.05) is 4.47 Å². The molecule has 0 amide bonds. The number of H-pyrrole nitrogens is 1. The van der Waals surface area contributed by atoms with Gasteiger partial charge in [-0.25, -0.2) is 0 Å². The van der Waals surface area contributed by atoms with Gasteiger partial charge in [-0.3, -0.25) is 4.57 Å². The Labute approximate surface area is 133 Å². The maximum Gasteiger partial charge on any atom is 0.182 e. The van der Waals surface area contributed by atoms with E-state index in [0.29, 0.717) is 20.5 Å². The van der Waals surface area contributed by atoms with E-state index in [1.807, 2.05) is 28.8 Å². The first kappa shape index (κ1) is 13.2. The van der Waals surface area contributed by atoms with Gasteiger partial charge in [0.05, 0.1) is 26.8 Å². The molecule has 1 aromatic heterocycles. The Kier molecular flexibility index (Phi) is 3.43. The number of hydrogen-bond donors (Lipinski definition) is 1. The van der Waals surface area contributed by atoms with E-state index in [1.165, 1.54) is 0 Å². The van der Waals surface area contributed by atoms with E-state index in [2.05, 4.69) is 20.9 Å². The molecule has 6 heteroatoms. The quantitative estimate of drug-likeness (QED) is 0.538. The van der Waals surface area contributed by atoms with Crippen LogP contribution < -0.4 is 0 Å². The van der Waals surface area contributed by atoms with Gasteiger partial charge in [0.2, 0.25) is 0 Å². The third-order valence-electron chi connectivity index (χ3n) is 2.81. The van der Waals surface area contributed by atoms with E-state index in [-0.39, 0.29) is 0 Å². The Hall–Kier alpha value is -0.810. The van der Waals surface area contributed by atoms with Crippen molar-refractivity contribution in [3.63, 3.8) is 0 Å². The van der Waals surface area contributed by atoms with E-state index < -0.39 is 0 Å². The van der Waals surface area contributed by atoms with Crippen LogP contribution in [-0.2, 0) is 0 Å². The highest BCUT2D eigenvalue weighted by Gasteiger charge is 2.13. The highest BCUT2D eigenvalue weighted by Crippen LogP contribution is 2.32. The van der Waals surface area contributed by atoms with E-state index in [4.69, 9.17) is 35.4 Å². The summed E-state index contributed by atoms with van der Waals surface area (Å²) >= 11 is 21.3. The Morgan fingerprint density at radius 2 is 1.79 bits per heavy atom. The average Bonchev–Trinajstić information content (AvgIpc) is 2.66. The van der Waals surface area contributed by atoms with E-state index in [1.54, 1.807) is 12.1 Å². The molecule has 0 fully saturated rings. The summed E-state index contributed by atoms with van der Waals surface area (Å²) in [6.07, 6.45) is 0. The smallest absolute Gasteiger partial charge is 0.182 e. The second-order valence-corrected chi connectivity index (χ2v) is 6.11. The van der Waals surface area contributed by atoms with Crippen molar-refractivity contribution in [2.45, 2.75) is 0 Å². The summed E-state index contributed by atoms with van der Waals surface area (Å²) < 4.78 is 3.37. The van der Waals surface area contributed by atoms with Crippen LogP contribution in [0.15, 0.2) is 40.9 Å². The van der Waals surface area contributed by atoms with Gasteiger partial charge in [0.15, 0.2) is 4.77 Å². The van der Waals surface area contributed by atoms with Crippen molar-refractivity contribution < 1.29 is 0 Å². The molecule has 2 aromatic carbocycles. The molecule has 0 unspecified atom stereocenters. The zero-order chi connectivity index (χ0) is 13.6. The molecular formula is C13H7BrCl2N2S. The highest BCUT2D eigenvalue weighted by atomic mass is 79.9. The number of hydrogen-bond acceptors (Lipinski definition) is 1. The van der Waals surface area contributed by atoms with E-state index in [0.717, 1.165) is 15.5 Å². The molecule has 3 rings (SSSR count). The molecule has 96 valence electrons. The molecule has 19 heavy (non-hydrogen) atoms. The normalized spacial score (nSPS) is 11.1. The second kappa shape index (κ2) is 4.94. The summed E-state index contributed by atoms with van der Waals surface area (Å²) in [6, 6.07) is 11.3. The molecule has 0 aliphatic carbocycles. The van der Waals surface area contributed by atoms with Crippen LogP contribution in [-0.4, -0.2) is 9.55 Å². The van der Waals surface area contributed by atoms with Crippen LogP contribution in [0.2, 0.25) is 10.0 Å². The molecule has 0 atom stereocenters. The number of benzene rings is 2. The maximum atomic E-state index is 6.26. The summed E-state index contributed by atoms with van der Waals surface area (Å²) in [5.41, 5.74) is 2.55. The van der Waals surface area contributed by atoms with Crippen molar-refractivity contribution in [2.75, 3.05) is 0 Å². The van der Waals surface area contributed by atoms with Crippen LogP contribution in [0.25, 0.3) is 16.7 Å². The lowest BCUT2D eigenvalue weighted by molar-refractivity contribution is 1.06. The lowest BCUT2D eigenvalue weighted by atomic mass is 10.3. The molecule has 0 spiro atoms. The molecule has 1 N–H and O–H groups in total. The number of fused-ring (bicyclic) bond motifs is 1. The van der Waals surface area contributed by atoms with Gasteiger partial charge in [-0.15, -0.1) is 0 Å². The minimum absolute atomic E-state index is 0.558. The Morgan fingerprint density at radius 3 is 2.47 bits per heavy atom. The van der Waals surface area contributed by atoms with Gasteiger partial charge in [-0.05, 0) is 42.5 Å². The molecule has 0 bridgehead atoms. The fourth-order valence-electron chi connectivity index (χ4n) is 2.00. The SMILES string of the molecule is S=c1[nH]c2ccc(Br)cc2n1-c1c(Cl)cccc1Cl. The van der Waals surface area contributed by atoms with Crippen molar-refractivity contribution >= 4 is 62.4 Å². The van der Waals surface area contributed by atoms with Crippen LogP contribution in [0.3, 0.4) is 0 Å². The highest BCUT2D eigenvalue weighted by molar-refractivity contribution is 9.10. The largest absolute Gasteiger partial charge is 0.330 e. The predicted molar refractivity (Wildman–Crippen MR) is 86.2 cm³/mol. The third-order valence-corrected chi connectivity index (χ3v) is 4.19. The summed E-state index contributed by atoms with van der Waals surface area (Å²) in [5.74, 6) is 0. The van der Waals surface area contributed by atoms with Gasteiger partial charge in [0.1, 0.15) is 0 Å². The first-order valence-electron chi connectivity index (χ1n) is 5.42. The molecular weight excluding hydrogens is 367 g/mol. The lowest BCUT2D eigenvalue weighted by Gasteiger charge is -2.09. The fraction of sp³-hybridized carbons (Fsp3) is 0. The molecule has 3 aromatic rings. The molecule has 0 aliphatic rings. The zero-order valence-corrected chi connectivity index (χ0v) is 13.4. The van der Waals surface area contributed by atoms with Crippen molar-refractivity contribution in [3.05, 3.63) is 55.7 Å². The van der Waals surface area contributed by atoms with Gasteiger partial charge >= 0.3 is 0 Å². The average molecular weight is 374 g/mol. The summed E-state index contributed by atoms with van der Waals surface area (Å²) in [6.45, 7) is 0. The number of nitrogens with zero attached hydrogens (tertiary/aromatic N) is 1. The molecule has 0 radical (unpaired) electrons. The number of imidazole rings is 1. The Morgan fingerprint density at radius 1 is 1.11 bits per heavy atom. The zero-order valence-electron chi connectivity index (χ0n) is 9.45. The van der Waals surface area contributed by atoms with Crippen molar-refractivity contribution in [3.8, 4) is 5.69 Å². The number of aromatic nitrogens is 2. The standard InChI is InChI=1S/C13H7BrCl2N2S/c14-7-4-5-10-11(6-7)18(13(19)17-10)12-8(15)2-1-3-9(12)16/h1-6H,(H,17,19). The number of rotatable bonds is 1. The monoisotopic (exact) mass is 372 g/mol. The predicted octanol–water partition coefficient (Wildman–Crippen LogP) is 5.76. The van der Waals surface area contributed by atoms with Crippen molar-refractivity contribution in [1.82, 2.24) is 9.55 Å². The fourth-order valence-corrected chi connectivity index (χ4v) is 3.22. The molecule has 2 nitrogen and oxygen atoms in total. The number of para-hydroxylation sites is 1. The lowest BCUT2D eigenvalue weighted by Crippen LogP contribution is -1.96. The van der Waals surface area contributed by atoms with Gasteiger partial charge < -0.3 is 4.98 Å². The topological polar surface area (TPSA) is 20.7 Å². The van der Waals surface area contributed by atoms with Crippen LogP contribution in [0.1, 0.15) is 0 Å². The van der Waals surface area contributed by atoms with Gasteiger partial charge in [-0.2, -0.15) is 0 Å². The van der Waals surface area contributed by atoms with Crippen molar-refractivity contribution in [1.29, 1.82) is 0 Å². The number of halogens is 3. The number of aromatic amines is 1. The molecule has 1 heterocycles. The van der Waals surface area contributed by atoms with Crippen molar-refractivity contribution in [2.24, 2.45) is 0 Å². The van der Waals surface area contributed by atoms with Gasteiger partial charge in [-0.1, -0.05) is 45.2 Å². The first-order valence-corrected chi connectivity index (χ1v) is 7.38. The third kappa shape index (κ3) is 2.23. The van der Waals surface area contributed by atoms with E-state index in [9.17, 15) is 0 Å². The molecule has 0 aliphatic heterocycles. The minimum atomic E-state index is 0.558. The summed E-state index contributed by atoms with van der Waals surface area (Å²) in [7, 11) is 0. The van der Waals surface area contributed by atoms with Gasteiger partial charge in [0.25, 0.3) is 0 Å².